The highest BCUT2D eigenvalue weighted by molar-refractivity contribution is 5.73. The van der Waals surface area contributed by atoms with Gasteiger partial charge in [0.2, 0.25) is 0 Å². The number of rotatable bonds is 8. The van der Waals surface area contributed by atoms with E-state index in [0.29, 0.717) is 12.0 Å². The van der Waals surface area contributed by atoms with E-state index in [-0.39, 0.29) is 0 Å². The maximum absolute atomic E-state index is 10.4. The first-order valence-corrected chi connectivity index (χ1v) is 12.7. The van der Waals surface area contributed by atoms with Gasteiger partial charge >= 0.3 is 5.97 Å². The molecule has 0 bridgehead atoms. The van der Waals surface area contributed by atoms with Gasteiger partial charge in [0, 0.05) is 0 Å². The molecule has 1 fully saturated rings. The van der Waals surface area contributed by atoms with Crippen molar-refractivity contribution in [1.29, 1.82) is 0 Å². The van der Waals surface area contributed by atoms with Crippen LogP contribution in [0.4, 0.5) is 0 Å². The minimum absolute atomic E-state index is 0.385. The fourth-order valence-electron chi connectivity index (χ4n) is 4.34. The lowest BCUT2D eigenvalue weighted by Crippen LogP contribution is -2.55. The van der Waals surface area contributed by atoms with Crippen LogP contribution in [0.25, 0.3) is 0 Å². The minimum Gasteiger partial charge on any atom is -0.480 e. The molecule has 0 aliphatic carbocycles. The lowest BCUT2D eigenvalue weighted by atomic mass is 9.90. The summed E-state index contributed by atoms with van der Waals surface area (Å²) in [6.07, 6.45) is -3.52. The van der Waals surface area contributed by atoms with Crippen molar-refractivity contribution in [2.24, 2.45) is 5.73 Å². The third kappa shape index (κ3) is 7.94. The van der Waals surface area contributed by atoms with E-state index >= 15 is 0 Å². The number of carbonyl (C=O) groups is 1. The zero-order valence-electron chi connectivity index (χ0n) is 21.4. The van der Waals surface area contributed by atoms with Gasteiger partial charge in [0.05, 0.1) is 6.61 Å². The number of aliphatic hydroxyl groups excluding tert-OH is 4. The number of benzene rings is 3. The SMILES string of the molecule is CCc1ccc(Cc2cccc(C3OC(CO)C(O)C(O)C3O)c2)cc1.N[C@@H](Cc1ccccc1)C(=O)O. The van der Waals surface area contributed by atoms with Crippen molar-refractivity contribution in [2.45, 2.75) is 62.7 Å². The maximum atomic E-state index is 10.4. The van der Waals surface area contributed by atoms with Crippen molar-refractivity contribution in [3.05, 3.63) is 107 Å². The molecule has 38 heavy (non-hydrogen) atoms. The van der Waals surface area contributed by atoms with Gasteiger partial charge in [-0.05, 0) is 47.1 Å². The Balaban J connectivity index is 0.000000279. The Hall–Kier alpha value is -3.11. The topological polar surface area (TPSA) is 153 Å². The molecule has 8 heteroatoms. The molecule has 1 aliphatic rings. The second-order valence-corrected chi connectivity index (χ2v) is 9.48. The van der Waals surface area contributed by atoms with Gasteiger partial charge in [-0.25, -0.2) is 0 Å². The largest absolute Gasteiger partial charge is 0.480 e. The Bertz CT molecular complexity index is 1140. The Morgan fingerprint density at radius 1 is 0.842 bits per heavy atom. The molecule has 204 valence electrons. The Kier molecular flexibility index (Phi) is 11.0. The van der Waals surface area contributed by atoms with Crippen LogP contribution in [-0.2, 0) is 28.8 Å². The fraction of sp³-hybridized carbons (Fsp3) is 0.367. The number of carboxylic acid groups (broad SMARTS) is 1. The number of carboxylic acids is 1. The lowest BCUT2D eigenvalue weighted by molar-refractivity contribution is -0.231. The molecule has 8 nitrogen and oxygen atoms in total. The van der Waals surface area contributed by atoms with E-state index in [4.69, 9.17) is 15.6 Å². The quantitative estimate of drug-likeness (QED) is 0.262. The van der Waals surface area contributed by atoms with Crippen LogP contribution in [0.1, 0.15) is 40.8 Å². The van der Waals surface area contributed by atoms with Gasteiger partial charge in [-0.15, -0.1) is 0 Å². The summed E-state index contributed by atoms with van der Waals surface area (Å²) >= 11 is 0. The van der Waals surface area contributed by atoms with Crippen LogP contribution in [-0.4, -0.2) is 68.6 Å². The van der Waals surface area contributed by atoms with Gasteiger partial charge in [0.15, 0.2) is 0 Å². The van der Waals surface area contributed by atoms with Gasteiger partial charge in [-0.2, -0.15) is 0 Å². The smallest absolute Gasteiger partial charge is 0.320 e. The van der Waals surface area contributed by atoms with Gasteiger partial charge < -0.3 is 36.0 Å². The van der Waals surface area contributed by atoms with E-state index in [2.05, 4.69) is 31.2 Å². The number of hydrogen-bond acceptors (Lipinski definition) is 7. The maximum Gasteiger partial charge on any atom is 0.320 e. The Labute approximate surface area is 223 Å². The molecule has 0 amide bonds. The number of aryl methyl sites for hydroxylation is 1. The number of aliphatic hydroxyl groups is 4. The predicted octanol–water partition coefficient (Wildman–Crippen LogP) is 2.00. The van der Waals surface area contributed by atoms with Gasteiger partial charge in [0.25, 0.3) is 0 Å². The Morgan fingerprint density at radius 3 is 2.08 bits per heavy atom. The molecule has 0 spiro atoms. The standard InChI is InChI=1S/C21H26O5.C9H11NO2/c1-2-13-6-8-14(9-7-13)10-15-4-3-5-16(11-15)21-20(25)19(24)18(23)17(12-22)26-21;10-8(9(11)12)6-7-4-2-1-3-5-7/h3-9,11,17-25H,2,10,12H2,1H3;1-5,8H,6,10H2,(H,11,12)/t;8-/m.0/s1. The molecule has 1 aliphatic heterocycles. The molecular weight excluding hydrogens is 486 g/mol. The van der Waals surface area contributed by atoms with Crippen LogP contribution in [0.5, 0.6) is 0 Å². The van der Waals surface area contributed by atoms with Crippen molar-refractivity contribution in [2.75, 3.05) is 6.61 Å². The molecule has 7 N–H and O–H groups in total. The van der Waals surface area contributed by atoms with Crippen LogP contribution in [0.15, 0.2) is 78.9 Å². The third-order valence-electron chi connectivity index (χ3n) is 6.63. The van der Waals surface area contributed by atoms with Crippen molar-refractivity contribution in [3.63, 3.8) is 0 Å². The summed E-state index contributed by atoms with van der Waals surface area (Å²) in [6.45, 7) is 1.70. The van der Waals surface area contributed by atoms with Crippen molar-refractivity contribution in [3.8, 4) is 0 Å². The highest BCUT2D eigenvalue weighted by Crippen LogP contribution is 2.33. The number of aliphatic carboxylic acids is 1. The van der Waals surface area contributed by atoms with Crippen LogP contribution >= 0.6 is 0 Å². The summed E-state index contributed by atoms with van der Waals surface area (Å²) in [5.41, 5.74) is 10.6. The summed E-state index contributed by atoms with van der Waals surface area (Å²) in [4.78, 5) is 10.4. The predicted molar refractivity (Wildman–Crippen MR) is 144 cm³/mol. The summed E-state index contributed by atoms with van der Waals surface area (Å²) in [5.74, 6) is -0.959. The average Bonchev–Trinajstić information content (AvgIpc) is 2.93. The summed E-state index contributed by atoms with van der Waals surface area (Å²) in [7, 11) is 0. The first kappa shape index (κ1) is 29.4. The van der Waals surface area contributed by atoms with Gasteiger partial charge in [-0.1, -0.05) is 85.8 Å². The lowest BCUT2D eigenvalue weighted by Gasteiger charge is -2.40. The van der Waals surface area contributed by atoms with Crippen LogP contribution in [0.3, 0.4) is 0 Å². The van der Waals surface area contributed by atoms with E-state index in [1.54, 1.807) is 0 Å². The van der Waals surface area contributed by atoms with E-state index in [0.717, 1.165) is 24.0 Å². The number of hydrogen-bond donors (Lipinski definition) is 6. The molecule has 0 radical (unpaired) electrons. The van der Waals surface area contributed by atoms with Crippen LogP contribution in [0.2, 0.25) is 0 Å². The van der Waals surface area contributed by atoms with Crippen LogP contribution in [0, 0.1) is 0 Å². The second kappa shape index (κ2) is 14.2. The van der Waals surface area contributed by atoms with E-state index < -0.39 is 49.1 Å². The third-order valence-corrected chi connectivity index (χ3v) is 6.63. The van der Waals surface area contributed by atoms with E-state index in [1.807, 2.05) is 54.6 Å². The molecule has 0 saturated carbocycles. The zero-order valence-corrected chi connectivity index (χ0v) is 21.4. The molecule has 5 unspecified atom stereocenters. The van der Waals surface area contributed by atoms with Gasteiger partial charge in [-0.3, -0.25) is 4.79 Å². The minimum atomic E-state index is -1.36. The fourth-order valence-corrected chi connectivity index (χ4v) is 4.34. The molecule has 4 rings (SSSR count). The van der Waals surface area contributed by atoms with Crippen molar-refractivity contribution in [1.82, 2.24) is 0 Å². The van der Waals surface area contributed by atoms with Crippen LogP contribution < -0.4 is 5.73 Å². The Morgan fingerprint density at radius 2 is 1.47 bits per heavy atom. The first-order chi connectivity index (χ1) is 18.2. The van der Waals surface area contributed by atoms with E-state index in [9.17, 15) is 25.2 Å². The highest BCUT2D eigenvalue weighted by Gasteiger charge is 2.43. The van der Waals surface area contributed by atoms with E-state index in [1.165, 1.54) is 11.1 Å². The summed E-state index contributed by atoms with van der Waals surface area (Å²) < 4.78 is 5.64. The molecule has 0 aromatic heterocycles. The molecule has 1 saturated heterocycles. The van der Waals surface area contributed by atoms with Gasteiger partial charge in [0.1, 0.15) is 36.6 Å². The summed E-state index contributed by atoms with van der Waals surface area (Å²) in [5, 5.41) is 48.1. The monoisotopic (exact) mass is 523 g/mol. The highest BCUT2D eigenvalue weighted by atomic mass is 16.5. The first-order valence-electron chi connectivity index (χ1n) is 12.7. The molecule has 1 heterocycles. The molecule has 3 aromatic carbocycles. The van der Waals surface area contributed by atoms with Crippen molar-refractivity contribution >= 4 is 5.97 Å². The second-order valence-electron chi connectivity index (χ2n) is 9.48. The van der Waals surface area contributed by atoms with Crippen molar-refractivity contribution < 1.29 is 35.1 Å². The number of ether oxygens (including phenoxy) is 1. The summed E-state index contributed by atoms with van der Waals surface area (Å²) in [6, 6.07) is 24.6. The average molecular weight is 524 g/mol. The normalized spacial score (nSPS) is 23.7. The zero-order chi connectivity index (χ0) is 27.7. The molecule has 3 aromatic rings. The molecular formula is C30H37NO7. The molecule has 6 atom stereocenters. The number of nitrogens with two attached hydrogens (primary N) is 1.